The number of hydrogen-bond acceptors (Lipinski definition) is 4. The van der Waals surface area contributed by atoms with Crippen LogP contribution >= 0.6 is 11.6 Å². The molecule has 20 heavy (non-hydrogen) atoms. The summed E-state index contributed by atoms with van der Waals surface area (Å²) in [7, 11) is 0. The Morgan fingerprint density at radius 2 is 2.00 bits per heavy atom. The van der Waals surface area contributed by atoms with Gasteiger partial charge in [0.1, 0.15) is 0 Å². The molecule has 1 aromatic carbocycles. The number of alkyl halides is 1. The van der Waals surface area contributed by atoms with Gasteiger partial charge in [0.25, 0.3) is 0 Å². The van der Waals surface area contributed by atoms with Crippen molar-refractivity contribution in [3.8, 4) is 5.88 Å². The van der Waals surface area contributed by atoms with E-state index in [2.05, 4.69) is 27.0 Å². The van der Waals surface area contributed by atoms with E-state index in [1.807, 2.05) is 25.1 Å². The third kappa shape index (κ3) is 4.10. The molecule has 0 saturated heterocycles. The van der Waals surface area contributed by atoms with Crippen molar-refractivity contribution in [1.29, 1.82) is 0 Å². The van der Waals surface area contributed by atoms with Gasteiger partial charge in [-0.2, -0.15) is 4.98 Å². The van der Waals surface area contributed by atoms with Crippen molar-refractivity contribution in [3.05, 3.63) is 48.3 Å². The molecule has 0 amide bonds. The maximum Gasteiger partial charge on any atom is 0.234 e. The maximum absolute atomic E-state index is 5.89. The van der Waals surface area contributed by atoms with E-state index in [1.54, 1.807) is 12.4 Å². The van der Waals surface area contributed by atoms with E-state index in [-0.39, 0.29) is 0 Å². The Bertz CT molecular complexity index is 522. The van der Waals surface area contributed by atoms with Crippen LogP contribution in [-0.4, -0.2) is 29.0 Å². The normalized spacial score (nSPS) is 10.3. The molecule has 4 nitrogen and oxygen atoms in total. The molecule has 0 unspecified atom stereocenters. The zero-order valence-electron chi connectivity index (χ0n) is 11.5. The van der Waals surface area contributed by atoms with Crippen LogP contribution in [0.3, 0.4) is 0 Å². The van der Waals surface area contributed by atoms with E-state index in [0.717, 1.165) is 12.4 Å². The van der Waals surface area contributed by atoms with Crippen molar-refractivity contribution < 1.29 is 4.74 Å². The minimum atomic E-state index is 0.535. The summed E-state index contributed by atoms with van der Waals surface area (Å²) >= 11 is 5.89. The predicted molar refractivity (Wildman–Crippen MR) is 81.4 cm³/mol. The quantitative estimate of drug-likeness (QED) is 0.735. The monoisotopic (exact) mass is 291 g/mol. The molecule has 0 fully saturated rings. The number of benzene rings is 1. The molecule has 2 rings (SSSR count). The molecule has 0 atom stereocenters. The van der Waals surface area contributed by atoms with Crippen molar-refractivity contribution in [2.45, 2.75) is 13.5 Å². The highest BCUT2D eigenvalue weighted by atomic mass is 35.5. The highest BCUT2D eigenvalue weighted by Gasteiger charge is 2.10. The lowest BCUT2D eigenvalue weighted by Gasteiger charge is -2.22. The molecular formula is C15H18ClN3O. The molecule has 5 heteroatoms. The first-order valence-electron chi connectivity index (χ1n) is 6.63. The summed E-state index contributed by atoms with van der Waals surface area (Å²) in [6.45, 7) is 3.96. The van der Waals surface area contributed by atoms with Gasteiger partial charge in [-0.15, -0.1) is 11.6 Å². The molecular weight excluding hydrogens is 274 g/mol. The van der Waals surface area contributed by atoms with Crippen molar-refractivity contribution >= 4 is 17.4 Å². The Morgan fingerprint density at radius 3 is 2.70 bits per heavy atom. The van der Waals surface area contributed by atoms with Crippen LogP contribution < -0.4 is 9.64 Å². The zero-order valence-corrected chi connectivity index (χ0v) is 12.3. The SMILES string of the molecule is CCOc1cncc(N(CCCl)Cc2ccccc2)n1. The van der Waals surface area contributed by atoms with Crippen LogP contribution in [0.15, 0.2) is 42.7 Å². The van der Waals surface area contributed by atoms with Crippen molar-refractivity contribution in [2.75, 3.05) is 23.9 Å². The van der Waals surface area contributed by atoms with Gasteiger partial charge in [0.2, 0.25) is 5.88 Å². The van der Waals surface area contributed by atoms with Gasteiger partial charge in [0, 0.05) is 19.0 Å². The second-order valence-electron chi connectivity index (χ2n) is 4.24. The molecule has 0 bridgehead atoms. The summed E-state index contributed by atoms with van der Waals surface area (Å²) in [5.74, 6) is 1.85. The van der Waals surface area contributed by atoms with E-state index < -0.39 is 0 Å². The molecule has 1 aromatic heterocycles. The summed E-state index contributed by atoms with van der Waals surface area (Å²) in [4.78, 5) is 10.7. The molecule has 0 saturated carbocycles. The zero-order chi connectivity index (χ0) is 14.2. The van der Waals surface area contributed by atoms with E-state index in [4.69, 9.17) is 16.3 Å². The van der Waals surface area contributed by atoms with E-state index >= 15 is 0 Å². The lowest BCUT2D eigenvalue weighted by atomic mass is 10.2. The van der Waals surface area contributed by atoms with Crippen LogP contribution in [0.1, 0.15) is 12.5 Å². The molecule has 0 aliphatic heterocycles. The van der Waals surface area contributed by atoms with Gasteiger partial charge in [-0.1, -0.05) is 30.3 Å². The molecule has 2 aromatic rings. The summed E-state index contributed by atoms with van der Waals surface area (Å²) < 4.78 is 5.39. The number of halogens is 1. The highest BCUT2D eigenvalue weighted by molar-refractivity contribution is 6.18. The fraction of sp³-hybridized carbons (Fsp3) is 0.333. The van der Waals surface area contributed by atoms with E-state index in [1.165, 1.54) is 5.56 Å². The number of aromatic nitrogens is 2. The Balaban J connectivity index is 2.17. The van der Waals surface area contributed by atoms with Crippen LogP contribution in [0.5, 0.6) is 5.88 Å². The second-order valence-corrected chi connectivity index (χ2v) is 4.62. The van der Waals surface area contributed by atoms with Gasteiger partial charge < -0.3 is 9.64 Å². The number of nitrogens with zero attached hydrogens (tertiary/aromatic N) is 3. The lowest BCUT2D eigenvalue weighted by Crippen LogP contribution is -2.26. The van der Waals surface area contributed by atoms with Crippen LogP contribution in [0.2, 0.25) is 0 Å². The Kier molecular flexibility index (Phi) is 5.62. The third-order valence-corrected chi connectivity index (χ3v) is 2.96. The average Bonchev–Trinajstić information content (AvgIpc) is 2.49. The van der Waals surface area contributed by atoms with Crippen LogP contribution in [0.4, 0.5) is 5.82 Å². The molecule has 0 radical (unpaired) electrons. The topological polar surface area (TPSA) is 38.2 Å². The fourth-order valence-electron chi connectivity index (χ4n) is 1.89. The third-order valence-electron chi connectivity index (χ3n) is 2.79. The molecule has 0 N–H and O–H groups in total. The van der Waals surface area contributed by atoms with Gasteiger partial charge in [0.15, 0.2) is 5.82 Å². The van der Waals surface area contributed by atoms with Crippen LogP contribution in [0, 0.1) is 0 Å². The maximum atomic E-state index is 5.89. The van der Waals surface area contributed by atoms with Gasteiger partial charge in [-0.05, 0) is 12.5 Å². The highest BCUT2D eigenvalue weighted by Crippen LogP contribution is 2.17. The molecule has 0 spiro atoms. The fourth-order valence-corrected chi connectivity index (χ4v) is 2.09. The Hall–Kier alpha value is -1.81. The minimum absolute atomic E-state index is 0.535. The predicted octanol–water partition coefficient (Wildman–Crippen LogP) is 3.12. The second kappa shape index (κ2) is 7.70. The van der Waals surface area contributed by atoms with Gasteiger partial charge >= 0.3 is 0 Å². The summed E-state index contributed by atoms with van der Waals surface area (Å²) in [6, 6.07) is 10.2. The molecule has 0 aliphatic rings. The number of anilines is 1. The first-order chi connectivity index (χ1) is 9.83. The molecule has 106 valence electrons. The summed E-state index contributed by atoms with van der Waals surface area (Å²) in [6.07, 6.45) is 3.35. The standard InChI is InChI=1S/C15H18ClN3O/c1-2-20-15-11-17-10-14(18-15)19(9-8-16)12-13-6-4-3-5-7-13/h3-7,10-11H,2,8-9,12H2,1H3. The Labute approximate surface area is 124 Å². The van der Waals surface area contributed by atoms with Crippen LogP contribution in [0.25, 0.3) is 0 Å². The molecule has 0 aliphatic carbocycles. The van der Waals surface area contributed by atoms with E-state index in [9.17, 15) is 0 Å². The van der Waals surface area contributed by atoms with Gasteiger partial charge in [-0.25, -0.2) is 0 Å². The van der Waals surface area contributed by atoms with Crippen molar-refractivity contribution in [2.24, 2.45) is 0 Å². The minimum Gasteiger partial charge on any atom is -0.477 e. The Morgan fingerprint density at radius 1 is 1.20 bits per heavy atom. The van der Waals surface area contributed by atoms with Gasteiger partial charge in [-0.3, -0.25) is 4.98 Å². The summed E-state index contributed by atoms with van der Waals surface area (Å²) in [5.41, 5.74) is 1.21. The van der Waals surface area contributed by atoms with Gasteiger partial charge in [0.05, 0.1) is 19.0 Å². The lowest BCUT2D eigenvalue weighted by molar-refractivity contribution is 0.325. The summed E-state index contributed by atoms with van der Waals surface area (Å²) in [5, 5.41) is 0. The van der Waals surface area contributed by atoms with Crippen LogP contribution in [-0.2, 0) is 6.54 Å². The largest absolute Gasteiger partial charge is 0.477 e. The average molecular weight is 292 g/mol. The molecule has 1 heterocycles. The smallest absolute Gasteiger partial charge is 0.234 e. The first-order valence-corrected chi connectivity index (χ1v) is 7.16. The number of rotatable bonds is 7. The first kappa shape index (κ1) is 14.6. The number of hydrogen-bond donors (Lipinski definition) is 0. The van der Waals surface area contributed by atoms with Crippen molar-refractivity contribution in [1.82, 2.24) is 9.97 Å². The number of ether oxygens (including phenoxy) is 1. The van der Waals surface area contributed by atoms with E-state index in [0.29, 0.717) is 24.9 Å². The van der Waals surface area contributed by atoms with Crippen molar-refractivity contribution in [3.63, 3.8) is 0 Å².